The van der Waals surface area contributed by atoms with Gasteiger partial charge in [0.25, 0.3) is 0 Å². The highest BCUT2D eigenvalue weighted by atomic mass is 15.0. The molecule has 1 aromatic rings. The number of hydrogen-bond donors (Lipinski definition) is 1. The Hall–Kier alpha value is -0.830. The van der Waals surface area contributed by atoms with Gasteiger partial charge in [-0.05, 0) is 38.8 Å². The van der Waals surface area contributed by atoms with Crippen LogP contribution in [0.3, 0.4) is 0 Å². The Labute approximate surface area is 92.9 Å². The van der Waals surface area contributed by atoms with Crippen LogP contribution in [0.25, 0.3) is 0 Å². The first-order valence-electron chi connectivity index (χ1n) is 5.88. The topological polar surface area (TPSA) is 29.9 Å². The number of hydrogen-bond acceptors (Lipinski definition) is 2. The van der Waals surface area contributed by atoms with Gasteiger partial charge in [0.2, 0.25) is 0 Å². The third-order valence-corrected chi connectivity index (χ3v) is 2.48. The predicted molar refractivity (Wildman–Crippen MR) is 63.9 cm³/mol. The molecule has 1 rings (SSSR count). The Morgan fingerprint density at radius 3 is 2.80 bits per heavy atom. The summed E-state index contributed by atoms with van der Waals surface area (Å²) in [7, 11) is 0. The molecule has 0 saturated heterocycles. The molecule has 1 heterocycles. The summed E-state index contributed by atoms with van der Waals surface area (Å²) < 4.78 is 2.21. The molecule has 0 amide bonds. The van der Waals surface area contributed by atoms with Crippen molar-refractivity contribution in [3.05, 3.63) is 18.2 Å². The molecule has 0 atom stereocenters. The molecule has 1 N–H and O–H groups in total. The van der Waals surface area contributed by atoms with Gasteiger partial charge in [0.15, 0.2) is 0 Å². The van der Waals surface area contributed by atoms with Crippen molar-refractivity contribution in [2.24, 2.45) is 5.92 Å². The van der Waals surface area contributed by atoms with Crippen LogP contribution < -0.4 is 5.32 Å². The Balaban J connectivity index is 2.00. The van der Waals surface area contributed by atoms with Crippen LogP contribution in [0.5, 0.6) is 0 Å². The Morgan fingerprint density at radius 2 is 2.20 bits per heavy atom. The average Bonchev–Trinajstić information content (AvgIpc) is 2.57. The molecule has 0 aliphatic rings. The van der Waals surface area contributed by atoms with Gasteiger partial charge in [-0.25, -0.2) is 4.98 Å². The zero-order valence-electron chi connectivity index (χ0n) is 10.2. The van der Waals surface area contributed by atoms with E-state index in [4.69, 9.17) is 0 Å². The van der Waals surface area contributed by atoms with Crippen LogP contribution in [0.15, 0.2) is 12.4 Å². The second-order valence-electron chi connectivity index (χ2n) is 4.47. The van der Waals surface area contributed by atoms with Crippen LogP contribution in [0, 0.1) is 12.8 Å². The van der Waals surface area contributed by atoms with Crippen LogP contribution in [-0.4, -0.2) is 22.6 Å². The molecule has 1 aromatic heterocycles. The number of rotatable bonds is 7. The summed E-state index contributed by atoms with van der Waals surface area (Å²) in [4.78, 5) is 4.20. The van der Waals surface area contributed by atoms with Gasteiger partial charge in [-0.1, -0.05) is 13.8 Å². The van der Waals surface area contributed by atoms with E-state index < -0.39 is 0 Å². The normalized spacial score (nSPS) is 11.2. The molecule has 0 aromatic carbocycles. The second kappa shape index (κ2) is 6.62. The molecule has 0 unspecified atom stereocenters. The minimum atomic E-state index is 0.751. The standard InChI is InChI=1S/C12H23N3/c1-11(2)10-13-6-4-5-8-15-9-7-14-12(15)3/h7,9,11,13H,4-6,8,10H2,1-3H3. The lowest BCUT2D eigenvalue weighted by molar-refractivity contribution is 0.517. The number of nitrogens with one attached hydrogen (secondary N) is 1. The number of unbranched alkanes of at least 4 members (excludes halogenated alkanes) is 1. The van der Waals surface area contributed by atoms with E-state index in [1.54, 1.807) is 0 Å². The fourth-order valence-electron chi connectivity index (χ4n) is 1.56. The molecular formula is C12H23N3. The average molecular weight is 209 g/mol. The maximum absolute atomic E-state index is 4.20. The fourth-order valence-corrected chi connectivity index (χ4v) is 1.56. The van der Waals surface area contributed by atoms with Crippen molar-refractivity contribution in [1.82, 2.24) is 14.9 Å². The summed E-state index contributed by atoms with van der Waals surface area (Å²) in [5, 5.41) is 3.45. The first kappa shape index (κ1) is 12.2. The van der Waals surface area contributed by atoms with E-state index in [9.17, 15) is 0 Å². The van der Waals surface area contributed by atoms with Gasteiger partial charge < -0.3 is 9.88 Å². The molecule has 0 aliphatic carbocycles. The van der Waals surface area contributed by atoms with E-state index in [1.165, 1.54) is 12.8 Å². The summed E-state index contributed by atoms with van der Waals surface area (Å²) in [5.74, 6) is 1.87. The zero-order chi connectivity index (χ0) is 11.1. The van der Waals surface area contributed by atoms with Gasteiger partial charge in [-0.3, -0.25) is 0 Å². The Morgan fingerprint density at radius 1 is 1.40 bits per heavy atom. The molecule has 3 heteroatoms. The monoisotopic (exact) mass is 209 g/mol. The predicted octanol–water partition coefficient (Wildman–Crippen LogP) is 2.22. The minimum Gasteiger partial charge on any atom is -0.335 e. The van der Waals surface area contributed by atoms with Crippen molar-refractivity contribution in [3.63, 3.8) is 0 Å². The summed E-state index contributed by atoms with van der Waals surface area (Å²) in [5.41, 5.74) is 0. The minimum absolute atomic E-state index is 0.751. The van der Waals surface area contributed by atoms with Crippen molar-refractivity contribution >= 4 is 0 Å². The summed E-state index contributed by atoms with van der Waals surface area (Å²) in [6.07, 6.45) is 6.38. The number of aromatic nitrogens is 2. The highest BCUT2D eigenvalue weighted by Gasteiger charge is 1.96. The molecule has 3 nitrogen and oxygen atoms in total. The zero-order valence-corrected chi connectivity index (χ0v) is 10.2. The molecule has 0 radical (unpaired) electrons. The molecule has 15 heavy (non-hydrogen) atoms. The van der Waals surface area contributed by atoms with Crippen molar-refractivity contribution in [2.45, 2.75) is 40.2 Å². The number of aryl methyl sites for hydroxylation is 2. The van der Waals surface area contributed by atoms with E-state index in [0.29, 0.717) is 0 Å². The summed E-state index contributed by atoms with van der Waals surface area (Å²) in [6.45, 7) is 9.88. The summed E-state index contributed by atoms with van der Waals surface area (Å²) in [6, 6.07) is 0. The van der Waals surface area contributed by atoms with Crippen molar-refractivity contribution < 1.29 is 0 Å². The van der Waals surface area contributed by atoms with E-state index in [0.717, 1.165) is 31.4 Å². The van der Waals surface area contributed by atoms with E-state index in [-0.39, 0.29) is 0 Å². The van der Waals surface area contributed by atoms with Gasteiger partial charge in [-0.2, -0.15) is 0 Å². The SMILES string of the molecule is Cc1nccn1CCCCNCC(C)C. The van der Waals surface area contributed by atoms with E-state index >= 15 is 0 Å². The number of nitrogens with zero attached hydrogens (tertiary/aromatic N) is 2. The Kier molecular flexibility index (Phi) is 5.40. The maximum Gasteiger partial charge on any atom is 0.105 e. The Bertz CT molecular complexity index is 266. The highest BCUT2D eigenvalue weighted by Crippen LogP contribution is 1.99. The quantitative estimate of drug-likeness (QED) is 0.698. The molecule has 0 spiro atoms. The van der Waals surface area contributed by atoms with Crippen LogP contribution in [0.1, 0.15) is 32.5 Å². The van der Waals surface area contributed by atoms with Gasteiger partial charge >= 0.3 is 0 Å². The van der Waals surface area contributed by atoms with Crippen LogP contribution >= 0.6 is 0 Å². The lowest BCUT2D eigenvalue weighted by Crippen LogP contribution is -2.20. The molecule has 0 bridgehead atoms. The van der Waals surface area contributed by atoms with Gasteiger partial charge in [0.05, 0.1) is 0 Å². The van der Waals surface area contributed by atoms with E-state index in [2.05, 4.69) is 41.8 Å². The van der Waals surface area contributed by atoms with Crippen LogP contribution in [-0.2, 0) is 6.54 Å². The third kappa shape index (κ3) is 4.98. The van der Waals surface area contributed by atoms with E-state index in [1.807, 2.05) is 6.20 Å². The van der Waals surface area contributed by atoms with Gasteiger partial charge in [0, 0.05) is 18.9 Å². The van der Waals surface area contributed by atoms with Crippen molar-refractivity contribution in [2.75, 3.05) is 13.1 Å². The lowest BCUT2D eigenvalue weighted by atomic mass is 10.2. The molecule has 0 saturated carbocycles. The lowest BCUT2D eigenvalue weighted by Gasteiger charge is -2.08. The van der Waals surface area contributed by atoms with Crippen LogP contribution in [0.4, 0.5) is 0 Å². The van der Waals surface area contributed by atoms with Crippen LogP contribution in [0.2, 0.25) is 0 Å². The fraction of sp³-hybridized carbons (Fsp3) is 0.750. The molecule has 0 fully saturated rings. The molecule has 86 valence electrons. The van der Waals surface area contributed by atoms with Gasteiger partial charge in [0.1, 0.15) is 5.82 Å². The largest absolute Gasteiger partial charge is 0.335 e. The second-order valence-corrected chi connectivity index (χ2v) is 4.47. The number of imidazole rings is 1. The van der Waals surface area contributed by atoms with Gasteiger partial charge in [-0.15, -0.1) is 0 Å². The smallest absolute Gasteiger partial charge is 0.105 e. The maximum atomic E-state index is 4.20. The summed E-state index contributed by atoms with van der Waals surface area (Å²) >= 11 is 0. The first-order chi connectivity index (χ1) is 7.20. The first-order valence-corrected chi connectivity index (χ1v) is 5.88. The molecular weight excluding hydrogens is 186 g/mol. The highest BCUT2D eigenvalue weighted by molar-refractivity contribution is 4.87. The van der Waals surface area contributed by atoms with Crippen molar-refractivity contribution in [3.8, 4) is 0 Å². The molecule has 0 aliphatic heterocycles. The third-order valence-electron chi connectivity index (χ3n) is 2.48. The van der Waals surface area contributed by atoms with Crippen molar-refractivity contribution in [1.29, 1.82) is 0 Å².